The number of rotatable bonds is 6. The molecule has 1 aliphatic heterocycles. The molecule has 0 bridgehead atoms. The summed E-state index contributed by atoms with van der Waals surface area (Å²) >= 11 is 6.00. The Kier molecular flexibility index (Phi) is 11.0. The van der Waals surface area contributed by atoms with Gasteiger partial charge in [-0.25, -0.2) is 4.99 Å². The summed E-state index contributed by atoms with van der Waals surface area (Å²) in [6, 6.07) is 7.69. The van der Waals surface area contributed by atoms with Gasteiger partial charge in [0, 0.05) is 37.6 Å². The van der Waals surface area contributed by atoms with Gasteiger partial charge in [0.15, 0.2) is 5.96 Å². The Balaban J connectivity index is 0.00000338. The van der Waals surface area contributed by atoms with E-state index in [-0.39, 0.29) is 29.9 Å². The van der Waals surface area contributed by atoms with E-state index in [1.165, 1.54) is 6.42 Å². The molecule has 1 saturated heterocycles. The fourth-order valence-corrected chi connectivity index (χ4v) is 3.22. The van der Waals surface area contributed by atoms with Gasteiger partial charge in [-0.05, 0) is 43.4 Å². The lowest BCUT2D eigenvalue weighted by molar-refractivity contribution is -0.132. The Morgan fingerprint density at radius 2 is 2.19 bits per heavy atom. The normalized spacial score (nSPS) is 17.4. The third kappa shape index (κ3) is 8.12. The fourth-order valence-electron chi connectivity index (χ4n) is 3.01. The molecule has 1 aromatic carbocycles. The van der Waals surface area contributed by atoms with E-state index in [1.54, 1.807) is 0 Å². The smallest absolute Gasteiger partial charge is 0.224 e. The summed E-state index contributed by atoms with van der Waals surface area (Å²) in [6.07, 6.45) is 2.83. The maximum atomic E-state index is 12.3. The van der Waals surface area contributed by atoms with Crippen molar-refractivity contribution < 1.29 is 4.79 Å². The number of hydrogen-bond acceptors (Lipinski definition) is 2. The van der Waals surface area contributed by atoms with Gasteiger partial charge in [0.2, 0.25) is 5.91 Å². The molecule has 5 nitrogen and oxygen atoms in total. The second-order valence-corrected chi connectivity index (χ2v) is 7.03. The molecule has 146 valence electrons. The van der Waals surface area contributed by atoms with Crippen LogP contribution in [0.25, 0.3) is 0 Å². The first kappa shape index (κ1) is 23.0. The van der Waals surface area contributed by atoms with E-state index in [2.05, 4.69) is 22.5 Å². The molecule has 2 rings (SSSR count). The largest absolute Gasteiger partial charge is 0.357 e. The van der Waals surface area contributed by atoms with Crippen LogP contribution in [0.15, 0.2) is 29.3 Å². The maximum absolute atomic E-state index is 12.3. The Morgan fingerprint density at radius 3 is 2.88 bits per heavy atom. The third-order valence-electron chi connectivity index (χ3n) is 4.29. The lowest BCUT2D eigenvalue weighted by Gasteiger charge is -2.31. The second kappa shape index (κ2) is 12.4. The van der Waals surface area contributed by atoms with E-state index in [9.17, 15) is 4.79 Å². The first-order chi connectivity index (χ1) is 12.1. The molecule has 2 N–H and O–H groups in total. The molecule has 1 fully saturated rings. The quantitative estimate of drug-likeness (QED) is 0.362. The molecule has 0 spiro atoms. The number of carbonyl (C=O) groups is 1. The van der Waals surface area contributed by atoms with Crippen LogP contribution < -0.4 is 10.6 Å². The molecule has 1 aromatic rings. The van der Waals surface area contributed by atoms with Gasteiger partial charge in [0.25, 0.3) is 0 Å². The average molecular weight is 493 g/mol. The van der Waals surface area contributed by atoms with Crippen molar-refractivity contribution >= 4 is 47.4 Å². The van der Waals surface area contributed by atoms with Crippen molar-refractivity contribution in [3.05, 3.63) is 34.9 Å². The van der Waals surface area contributed by atoms with Gasteiger partial charge in [0.1, 0.15) is 0 Å². The van der Waals surface area contributed by atoms with Crippen LogP contribution in [-0.4, -0.2) is 42.9 Å². The van der Waals surface area contributed by atoms with E-state index in [4.69, 9.17) is 11.6 Å². The summed E-state index contributed by atoms with van der Waals surface area (Å²) in [4.78, 5) is 18.9. The minimum atomic E-state index is 0. The SMILES string of the molecule is CCNC(=NCc1cccc(Cl)c1)NCCC(=O)N1CCCC(C)C1.I. The topological polar surface area (TPSA) is 56.7 Å². The highest BCUT2D eigenvalue weighted by Gasteiger charge is 2.20. The monoisotopic (exact) mass is 492 g/mol. The first-order valence-corrected chi connectivity index (χ1v) is 9.50. The van der Waals surface area contributed by atoms with E-state index in [0.29, 0.717) is 30.5 Å². The number of benzene rings is 1. The Hall–Kier alpha value is -1.02. The number of guanidine groups is 1. The number of nitrogens with one attached hydrogen (secondary N) is 2. The highest BCUT2D eigenvalue weighted by molar-refractivity contribution is 14.0. The maximum Gasteiger partial charge on any atom is 0.224 e. The number of carbonyl (C=O) groups excluding carboxylic acids is 1. The van der Waals surface area contributed by atoms with Crippen LogP contribution in [0.1, 0.15) is 38.7 Å². The van der Waals surface area contributed by atoms with E-state index < -0.39 is 0 Å². The van der Waals surface area contributed by atoms with Crippen LogP contribution in [-0.2, 0) is 11.3 Å². The number of piperidine rings is 1. The molecule has 1 amide bonds. The number of hydrogen-bond donors (Lipinski definition) is 2. The third-order valence-corrected chi connectivity index (χ3v) is 4.53. The number of nitrogens with zero attached hydrogens (tertiary/aromatic N) is 2. The Bertz CT molecular complexity index is 597. The molecule has 26 heavy (non-hydrogen) atoms. The summed E-state index contributed by atoms with van der Waals surface area (Å²) in [5.74, 6) is 1.56. The summed E-state index contributed by atoms with van der Waals surface area (Å²) in [5, 5.41) is 7.17. The van der Waals surface area contributed by atoms with Crippen LogP contribution >= 0.6 is 35.6 Å². The van der Waals surface area contributed by atoms with Gasteiger partial charge in [-0.15, -0.1) is 24.0 Å². The number of likely N-dealkylation sites (tertiary alicyclic amines) is 1. The summed E-state index contributed by atoms with van der Waals surface area (Å²) < 4.78 is 0. The molecule has 0 aromatic heterocycles. The van der Waals surface area contributed by atoms with Crippen molar-refractivity contribution in [1.82, 2.24) is 15.5 Å². The van der Waals surface area contributed by atoms with Crippen molar-refractivity contribution in [2.45, 2.75) is 39.7 Å². The van der Waals surface area contributed by atoms with Crippen molar-refractivity contribution in [3.63, 3.8) is 0 Å². The molecule has 1 heterocycles. The van der Waals surface area contributed by atoms with Gasteiger partial charge >= 0.3 is 0 Å². The average Bonchev–Trinajstić information content (AvgIpc) is 2.59. The van der Waals surface area contributed by atoms with Crippen molar-refractivity contribution in [2.24, 2.45) is 10.9 Å². The van der Waals surface area contributed by atoms with Crippen LogP contribution in [0.2, 0.25) is 5.02 Å². The van der Waals surface area contributed by atoms with E-state index in [0.717, 1.165) is 37.6 Å². The van der Waals surface area contributed by atoms with E-state index >= 15 is 0 Å². The molecular formula is C19H30ClIN4O. The van der Waals surface area contributed by atoms with Crippen LogP contribution in [0.5, 0.6) is 0 Å². The number of halogens is 2. The van der Waals surface area contributed by atoms with Gasteiger partial charge in [0.05, 0.1) is 6.54 Å². The number of aliphatic imine (C=N–C) groups is 1. The summed E-state index contributed by atoms with van der Waals surface area (Å²) in [5.41, 5.74) is 1.06. The summed E-state index contributed by atoms with van der Waals surface area (Å²) in [6.45, 7) is 7.94. The molecule has 0 saturated carbocycles. The molecular weight excluding hydrogens is 463 g/mol. The van der Waals surface area contributed by atoms with Gasteiger partial charge < -0.3 is 15.5 Å². The zero-order valence-corrected chi connectivity index (χ0v) is 18.7. The van der Waals surface area contributed by atoms with Crippen molar-refractivity contribution in [3.8, 4) is 0 Å². The molecule has 1 unspecified atom stereocenters. The second-order valence-electron chi connectivity index (χ2n) is 6.59. The number of amides is 1. The Morgan fingerprint density at radius 1 is 1.38 bits per heavy atom. The van der Waals surface area contributed by atoms with Gasteiger partial charge in [-0.3, -0.25) is 4.79 Å². The van der Waals surface area contributed by atoms with Gasteiger partial charge in [-0.2, -0.15) is 0 Å². The lowest BCUT2D eigenvalue weighted by atomic mass is 10.00. The van der Waals surface area contributed by atoms with Gasteiger partial charge in [-0.1, -0.05) is 30.7 Å². The highest BCUT2D eigenvalue weighted by atomic mass is 127. The molecule has 7 heteroatoms. The highest BCUT2D eigenvalue weighted by Crippen LogP contribution is 2.16. The van der Waals surface area contributed by atoms with Crippen LogP contribution in [0, 0.1) is 5.92 Å². The molecule has 1 atom stereocenters. The zero-order valence-electron chi connectivity index (χ0n) is 15.6. The predicted octanol–water partition coefficient (Wildman–Crippen LogP) is 3.66. The fraction of sp³-hybridized carbons (Fsp3) is 0.579. The van der Waals surface area contributed by atoms with Crippen LogP contribution in [0.3, 0.4) is 0 Å². The molecule has 0 aliphatic carbocycles. The molecule has 0 radical (unpaired) electrons. The van der Waals surface area contributed by atoms with Crippen LogP contribution in [0.4, 0.5) is 0 Å². The predicted molar refractivity (Wildman–Crippen MR) is 119 cm³/mol. The lowest BCUT2D eigenvalue weighted by Crippen LogP contribution is -2.42. The minimum Gasteiger partial charge on any atom is -0.357 e. The van der Waals surface area contributed by atoms with Crippen molar-refractivity contribution in [2.75, 3.05) is 26.2 Å². The van der Waals surface area contributed by atoms with E-state index in [1.807, 2.05) is 36.1 Å². The molecule has 1 aliphatic rings. The van der Waals surface area contributed by atoms with Crippen molar-refractivity contribution in [1.29, 1.82) is 0 Å². The first-order valence-electron chi connectivity index (χ1n) is 9.13. The standard InChI is InChI=1S/C19H29ClN4O.HI/c1-3-21-19(23-13-16-7-4-8-17(20)12-16)22-10-9-18(25)24-11-5-6-15(2)14-24;/h4,7-8,12,15H,3,5-6,9-11,13-14H2,1-2H3,(H2,21,22,23);1H. The summed E-state index contributed by atoms with van der Waals surface area (Å²) in [7, 11) is 0. The minimum absolute atomic E-state index is 0. The zero-order chi connectivity index (χ0) is 18.1. The Labute approximate surface area is 179 Å².